The summed E-state index contributed by atoms with van der Waals surface area (Å²) in [5, 5.41) is 3.25. The standard InChI is InChI=1S/C16H24N2O2/c1-17-15-12-20-16-11-13(5-6-14(15)16)19-10-9-18-7-3-2-4-8-18/h5-6,11,15,17H,2-4,7-10,12H2,1H3. The van der Waals surface area contributed by atoms with Crippen molar-refractivity contribution in [1.82, 2.24) is 10.2 Å². The SMILES string of the molecule is CNC1COc2cc(OCCN3CCCCC3)ccc21. The second-order valence-corrected chi connectivity index (χ2v) is 5.60. The van der Waals surface area contributed by atoms with Crippen LogP contribution in [0.3, 0.4) is 0 Å². The smallest absolute Gasteiger partial charge is 0.127 e. The Morgan fingerprint density at radius 3 is 2.95 bits per heavy atom. The average molecular weight is 276 g/mol. The van der Waals surface area contributed by atoms with Crippen LogP contribution in [0, 0.1) is 0 Å². The molecule has 20 heavy (non-hydrogen) atoms. The van der Waals surface area contributed by atoms with Crippen LogP contribution < -0.4 is 14.8 Å². The van der Waals surface area contributed by atoms with Gasteiger partial charge in [0, 0.05) is 18.2 Å². The Balaban J connectivity index is 1.51. The molecule has 2 aliphatic rings. The van der Waals surface area contributed by atoms with E-state index >= 15 is 0 Å². The zero-order chi connectivity index (χ0) is 13.8. The van der Waals surface area contributed by atoms with Crippen molar-refractivity contribution in [3.8, 4) is 11.5 Å². The summed E-state index contributed by atoms with van der Waals surface area (Å²) in [5.41, 5.74) is 1.23. The molecule has 2 heterocycles. The summed E-state index contributed by atoms with van der Waals surface area (Å²) in [6.07, 6.45) is 4.04. The van der Waals surface area contributed by atoms with Gasteiger partial charge in [-0.25, -0.2) is 0 Å². The molecule has 0 aliphatic carbocycles. The highest BCUT2D eigenvalue weighted by Gasteiger charge is 2.22. The van der Waals surface area contributed by atoms with Gasteiger partial charge in [-0.3, -0.25) is 4.90 Å². The number of ether oxygens (including phenoxy) is 2. The van der Waals surface area contributed by atoms with Gasteiger partial charge < -0.3 is 14.8 Å². The summed E-state index contributed by atoms with van der Waals surface area (Å²) < 4.78 is 11.5. The van der Waals surface area contributed by atoms with E-state index in [-0.39, 0.29) is 0 Å². The van der Waals surface area contributed by atoms with E-state index in [0.717, 1.165) is 24.7 Å². The molecule has 2 aliphatic heterocycles. The van der Waals surface area contributed by atoms with Gasteiger partial charge in [0.15, 0.2) is 0 Å². The molecule has 3 rings (SSSR count). The number of likely N-dealkylation sites (N-methyl/N-ethyl adjacent to an activating group) is 1. The number of fused-ring (bicyclic) bond motifs is 1. The summed E-state index contributed by atoms with van der Waals surface area (Å²) in [5.74, 6) is 1.87. The van der Waals surface area contributed by atoms with E-state index in [9.17, 15) is 0 Å². The molecule has 0 saturated carbocycles. The highest BCUT2D eigenvalue weighted by molar-refractivity contribution is 5.44. The Kier molecular flexibility index (Phi) is 4.43. The first-order chi connectivity index (χ1) is 9.86. The Morgan fingerprint density at radius 2 is 2.15 bits per heavy atom. The van der Waals surface area contributed by atoms with Crippen molar-refractivity contribution >= 4 is 0 Å². The molecule has 0 spiro atoms. The second-order valence-electron chi connectivity index (χ2n) is 5.60. The fourth-order valence-electron chi connectivity index (χ4n) is 2.99. The van der Waals surface area contributed by atoms with Gasteiger partial charge in [-0.2, -0.15) is 0 Å². The van der Waals surface area contributed by atoms with Crippen molar-refractivity contribution < 1.29 is 9.47 Å². The maximum atomic E-state index is 5.86. The van der Waals surface area contributed by atoms with Crippen molar-refractivity contribution in [2.45, 2.75) is 25.3 Å². The van der Waals surface area contributed by atoms with Crippen LogP contribution in [0.5, 0.6) is 11.5 Å². The van der Waals surface area contributed by atoms with Gasteiger partial charge in [-0.15, -0.1) is 0 Å². The fourth-order valence-corrected chi connectivity index (χ4v) is 2.99. The van der Waals surface area contributed by atoms with E-state index in [1.54, 1.807) is 0 Å². The van der Waals surface area contributed by atoms with Gasteiger partial charge in [0.1, 0.15) is 24.7 Å². The van der Waals surface area contributed by atoms with Gasteiger partial charge in [0.2, 0.25) is 0 Å². The number of hydrogen-bond donors (Lipinski definition) is 1. The quantitative estimate of drug-likeness (QED) is 0.894. The van der Waals surface area contributed by atoms with Crippen LogP contribution in [0.25, 0.3) is 0 Å². The zero-order valence-electron chi connectivity index (χ0n) is 12.2. The van der Waals surface area contributed by atoms with E-state index in [2.05, 4.69) is 16.3 Å². The monoisotopic (exact) mass is 276 g/mol. The first kappa shape index (κ1) is 13.7. The second kappa shape index (κ2) is 6.46. The molecule has 4 heteroatoms. The molecule has 0 radical (unpaired) electrons. The Morgan fingerprint density at radius 1 is 1.30 bits per heavy atom. The van der Waals surface area contributed by atoms with Crippen LogP contribution >= 0.6 is 0 Å². The van der Waals surface area contributed by atoms with Gasteiger partial charge >= 0.3 is 0 Å². The third-order valence-corrected chi connectivity index (χ3v) is 4.24. The number of rotatable bonds is 5. The average Bonchev–Trinajstić information content (AvgIpc) is 2.90. The number of benzene rings is 1. The molecule has 0 aromatic heterocycles. The van der Waals surface area contributed by atoms with E-state index in [1.807, 2.05) is 19.2 Å². The number of likely N-dealkylation sites (tertiary alicyclic amines) is 1. The third kappa shape index (κ3) is 3.07. The number of nitrogens with zero attached hydrogens (tertiary/aromatic N) is 1. The molecule has 1 aromatic rings. The molecule has 1 N–H and O–H groups in total. The predicted molar refractivity (Wildman–Crippen MR) is 79.5 cm³/mol. The van der Waals surface area contributed by atoms with Gasteiger partial charge in [0.25, 0.3) is 0 Å². The lowest BCUT2D eigenvalue weighted by Gasteiger charge is -2.26. The van der Waals surface area contributed by atoms with Gasteiger partial charge in [-0.1, -0.05) is 6.42 Å². The lowest BCUT2D eigenvalue weighted by Crippen LogP contribution is -2.33. The van der Waals surface area contributed by atoms with Crippen LogP contribution in [-0.2, 0) is 0 Å². The molecule has 1 fully saturated rings. The highest BCUT2D eigenvalue weighted by Crippen LogP contribution is 2.34. The van der Waals surface area contributed by atoms with Crippen molar-refractivity contribution in [3.63, 3.8) is 0 Å². The summed E-state index contributed by atoms with van der Waals surface area (Å²) >= 11 is 0. The summed E-state index contributed by atoms with van der Waals surface area (Å²) in [4.78, 5) is 2.49. The number of nitrogens with one attached hydrogen (secondary N) is 1. The maximum Gasteiger partial charge on any atom is 0.127 e. The maximum absolute atomic E-state index is 5.86. The van der Waals surface area contributed by atoms with Gasteiger partial charge in [0.05, 0.1) is 6.04 Å². The molecule has 4 nitrogen and oxygen atoms in total. The van der Waals surface area contributed by atoms with Gasteiger partial charge in [-0.05, 0) is 45.1 Å². The zero-order valence-corrected chi connectivity index (χ0v) is 12.2. The van der Waals surface area contributed by atoms with E-state index in [4.69, 9.17) is 9.47 Å². The summed E-state index contributed by atoms with van der Waals surface area (Å²) in [6.45, 7) is 4.94. The van der Waals surface area contributed by atoms with Crippen molar-refractivity contribution in [3.05, 3.63) is 23.8 Å². The summed E-state index contributed by atoms with van der Waals surface area (Å²) in [6, 6.07) is 6.49. The molecule has 0 amide bonds. The number of piperidine rings is 1. The molecular formula is C16H24N2O2. The van der Waals surface area contributed by atoms with E-state index < -0.39 is 0 Å². The predicted octanol–water partition coefficient (Wildman–Crippen LogP) is 2.20. The third-order valence-electron chi connectivity index (χ3n) is 4.24. The molecule has 1 aromatic carbocycles. The van der Waals surface area contributed by atoms with Crippen molar-refractivity contribution in [1.29, 1.82) is 0 Å². The first-order valence-electron chi connectivity index (χ1n) is 7.66. The highest BCUT2D eigenvalue weighted by atomic mass is 16.5. The van der Waals surface area contributed by atoms with Crippen LogP contribution in [-0.4, -0.2) is 44.8 Å². The Labute approximate surface area is 121 Å². The number of hydrogen-bond acceptors (Lipinski definition) is 4. The first-order valence-corrected chi connectivity index (χ1v) is 7.66. The molecule has 1 atom stereocenters. The van der Waals surface area contributed by atoms with Crippen molar-refractivity contribution in [2.24, 2.45) is 0 Å². The molecular weight excluding hydrogens is 252 g/mol. The lowest BCUT2D eigenvalue weighted by molar-refractivity contribution is 0.183. The fraction of sp³-hybridized carbons (Fsp3) is 0.625. The lowest BCUT2D eigenvalue weighted by atomic mass is 10.1. The molecule has 0 bridgehead atoms. The Bertz CT molecular complexity index is 444. The Hall–Kier alpha value is -1.26. The minimum absolute atomic E-state index is 0.312. The largest absolute Gasteiger partial charge is 0.492 e. The molecule has 1 unspecified atom stereocenters. The molecule has 1 saturated heterocycles. The van der Waals surface area contributed by atoms with E-state index in [0.29, 0.717) is 12.6 Å². The normalized spacial score (nSPS) is 22.4. The molecule has 110 valence electrons. The minimum atomic E-state index is 0.312. The van der Waals surface area contributed by atoms with Crippen LogP contribution in [0.15, 0.2) is 18.2 Å². The minimum Gasteiger partial charge on any atom is -0.492 e. The topological polar surface area (TPSA) is 33.7 Å². The van der Waals surface area contributed by atoms with Crippen molar-refractivity contribution in [2.75, 3.05) is 39.9 Å². The van der Waals surface area contributed by atoms with Crippen LogP contribution in [0.4, 0.5) is 0 Å². The summed E-state index contributed by atoms with van der Waals surface area (Å²) in [7, 11) is 1.96. The van der Waals surface area contributed by atoms with Crippen LogP contribution in [0.1, 0.15) is 30.9 Å². The van der Waals surface area contributed by atoms with E-state index in [1.165, 1.54) is 37.9 Å². The van der Waals surface area contributed by atoms with Crippen LogP contribution in [0.2, 0.25) is 0 Å².